The Labute approximate surface area is 178 Å². The maximum atomic E-state index is 12.8. The molecule has 0 aliphatic carbocycles. The van der Waals surface area contributed by atoms with Crippen molar-refractivity contribution in [2.24, 2.45) is 0 Å². The summed E-state index contributed by atoms with van der Waals surface area (Å²) in [5.74, 6) is -0.917. The zero-order valence-electron chi connectivity index (χ0n) is 17.8. The molecule has 0 fully saturated rings. The van der Waals surface area contributed by atoms with Gasteiger partial charge in [-0.3, -0.25) is 9.48 Å². The highest BCUT2D eigenvalue weighted by Crippen LogP contribution is 2.38. The molecule has 2 amide bonds. The molecule has 9 nitrogen and oxygen atoms in total. The minimum Gasteiger partial charge on any atom is -0.465 e. The van der Waals surface area contributed by atoms with Gasteiger partial charge >= 0.3 is 12.1 Å². The van der Waals surface area contributed by atoms with Gasteiger partial charge in [0, 0.05) is 23.2 Å². The van der Waals surface area contributed by atoms with E-state index < -0.39 is 18.0 Å². The van der Waals surface area contributed by atoms with Crippen molar-refractivity contribution in [1.29, 1.82) is 0 Å². The first-order chi connectivity index (χ1) is 14.3. The van der Waals surface area contributed by atoms with Crippen LogP contribution in [-0.2, 0) is 22.4 Å². The van der Waals surface area contributed by atoms with E-state index in [-0.39, 0.29) is 11.7 Å². The Morgan fingerprint density at radius 1 is 1.33 bits per heavy atom. The topological polar surface area (TPSA) is 103 Å². The van der Waals surface area contributed by atoms with E-state index in [1.807, 2.05) is 20.8 Å². The summed E-state index contributed by atoms with van der Waals surface area (Å²) in [6, 6.07) is 1.84. The quantitative estimate of drug-likeness (QED) is 0.724. The van der Waals surface area contributed by atoms with Crippen molar-refractivity contribution in [2.45, 2.75) is 46.7 Å². The van der Waals surface area contributed by atoms with E-state index in [1.165, 1.54) is 18.4 Å². The molecule has 0 saturated heterocycles. The van der Waals surface area contributed by atoms with Crippen molar-refractivity contribution >= 4 is 34.3 Å². The molecule has 0 saturated carbocycles. The highest BCUT2D eigenvalue weighted by Gasteiger charge is 2.31. The minimum absolute atomic E-state index is 0.125. The van der Waals surface area contributed by atoms with Gasteiger partial charge in [-0.1, -0.05) is 0 Å². The molecular formula is C20H26N4O5S. The van der Waals surface area contributed by atoms with Gasteiger partial charge in [0.05, 0.1) is 25.8 Å². The molecule has 2 aromatic heterocycles. The number of ether oxygens (including phenoxy) is 2. The third-order valence-electron chi connectivity index (χ3n) is 4.84. The molecule has 1 aliphatic rings. The van der Waals surface area contributed by atoms with E-state index in [9.17, 15) is 14.4 Å². The number of methoxy groups -OCH3 is 1. The second-order valence-corrected chi connectivity index (χ2v) is 8.34. The summed E-state index contributed by atoms with van der Waals surface area (Å²) in [7, 11) is 1.30. The molecule has 1 N–H and O–H groups in total. The van der Waals surface area contributed by atoms with Crippen LogP contribution in [-0.4, -0.2) is 52.9 Å². The number of esters is 1. The lowest BCUT2D eigenvalue weighted by atomic mass is 10.0. The van der Waals surface area contributed by atoms with Crippen LogP contribution in [0.15, 0.2) is 6.07 Å². The molecule has 30 heavy (non-hydrogen) atoms. The Hall–Kier alpha value is -2.88. The number of rotatable bonds is 5. The van der Waals surface area contributed by atoms with Gasteiger partial charge in [-0.05, 0) is 45.7 Å². The van der Waals surface area contributed by atoms with Crippen LogP contribution in [0.1, 0.15) is 63.8 Å². The van der Waals surface area contributed by atoms with Gasteiger partial charge in [-0.25, -0.2) is 9.59 Å². The molecule has 0 unspecified atom stereocenters. The average Bonchev–Trinajstić information content (AvgIpc) is 3.27. The number of thiophene rings is 1. The maximum absolute atomic E-state index is 12.8. The van der Waals surface area contributed by atoms with Gasteiger partial charge in [0.2, 0.25) is 0 Å². The highest BCUT2D eigenvalue weighted by atomic mass is 32.1. The number of hydrogen-bond donors (Lipinski definition) is 1. The highest BCUT2D eigenvalue weighted by molar-refractivity contribution is 7.17. The largest absolute Gasteiger partial charge is 0.465 e. The van der Waals surface area contributed by atoms with Crippen LogP contribution in [0.25, 0.3) is 0 Å². The van der Waals surface area contributed by atoms with E-state index >= 15 is 0 Å². The number of nitrogens with one attached hydrogen (secondary N) is 1. The van der Waals surface area contributed by atoms with Gasteiger partial charge in [-0.15, -0.1) is 11.3 Å². The summed E-state index contributed by atoms with van der Waals surface area (Å²) < 4.78 is 11.8. The smallest absolute Gasteiger partial charge is 0.410 e. The summed E-state index contributed by atoms with van der Waals surface area (Å²) in [5.41, 5.74) is 2.29. The van der Waals surface area contributed by atoms with Crippen molar-refractivity contribution in [1.82, 2.24) is 14.7 Å². The number of fused-ring (bicyclic) bond motifs is 1. The van der Waals surface area contributed by atoms with Gasteiger partial charge in [-0.2, -0.15) is 5.10 Å². The van der Waals surface area contributed by atoms with E-state index in [2.05, 4.69) is 10.4 Å². The number of carbonyl (C=O) groups excluding carboxylic acids is 3. The Morgan fingerprint density at radius 2 is 2.07 bits per heavy atom. The lowest BCUT2D eigenvalue weighted by Gasteiger charge is -2.26. The van der Waals surface area contributed by atoms with Gasteiger partial charge in [0.1, 0.15) is 5.00 Å². The molecule has 0 aromatic carbocycles. The number of carbonyl (C=O) groups is 3. The standard InChI is InChI=1S/C20H26N4O5S/c1-6-29-20(27)23-8-7-13-15(10-23)30-18(16(13)19(26)28-5)21-17(25)14-9-12(4)24(22-14)11(2)3/h9,11H,6-8,10H2,1-5H3,(H,21,25). The first-order valence-electron chi connectivity index (χ1n) is 9.78. The molecule has 1 aliphatic heterocycles. The Kier molecular flexibility index (Phi) is 6.45. The van der Waals surface area contributed by atoms with E-state index in [0.717, 1.165) is 16.1 Å². The molecular weight excluding hydrogens is 408 g/mol. The summed E-state index contributed by atoms with van der Waals surface area (Å²) >= 11 is 1.27. The fraction of sp³-hybridized carbons (Fsp3) is 0.500. The number of nitrogens with zero attached hydrogens (tertiary/aromatic N) is 3. The molecule has 0 radical (unpaired) electrons. The summed E-state index contributed by atoms with van der Waals surface area (Å²) in [4.78, 5) is 39.8. The number of aromatic nitrogens is 2. The van der Waals surface area contributed by atoms with Crippen molar-refractivity contribution in [3.8, 4) is 0 Å². The normalized spacial score (nSPS) is 13.2. The molecule has 3 heterocycles. The SMILES string of the molecule is CCOC(=O)N1CCc2c(sc(NC(=O)c3cc(C)n(C(C)C)n3)c2C(=O)OC)C1. The molecule has 10 heteroatoms. The van der Waals surface area contributed by atoms with Crippen LogP contribution in [0, 0.1) is 6.92 Å². The van der Waals surface area contributed by atoms with Crippen molar-refractivity contribution in [2.75, 3.05) is 25.6 Å². The predicted octanol–water partition coefficient (Wildman–Crippen LogP) is 3.39. The zero-order valence-corrected chi connectivity index (χ0v) is 18.6. The molecule has 0 bridgehead atoms. The van der Waals surface area contributed by atoms with Gasteiger partial charge in [0.15, 0.2) is 5.69 Å². The van der Waals surface area contributed by atoms with E-state index in [1.54, 1.807) is 22.6 Å². The van der Waals surface area contributed by atoms with Gasteiger partial charge < -0.3 is 19.7 Å². The van der Waals surface area contributed by atoms with Crippen molar-refractivity contribution in [3.63, 3.8) is 0 Å². The van der Waals surface area contributed by atoms with E-state index in [4.69, 9.17) is 9.47 Å². The van der Waals surface area contributed by atoms with E-state index in [0.29, 0.717) is 36.7 Å². The summed E-state index contributed by atoms with van der Waals surface area (Å²) in [6.07, 6.45) is 0.0860. The Morgan fingerprint density at radius 3 is 2.67 bits per heavy atom. The van der Waals surface area contributed by atoms with Crippen LogP contribution < -0.4 is 5.32 Å². The molecule has 2 aromatic rings. The number of anilines is 1. The summed E-state index contributed by atoms with van der Waals surface area (Å²) in [6.45, 7) is 8.65. The first kappa shape index (κ1) is 21.8. The second-order valence-electron chi connectivity index (χ2n) is 7.23. The first-order valence-corrected chi connectivity index (χ1v) is 10.6. The Bertz CT molecular complexity index is 978. The summed E-state index contributed by atoms with van der Waals surface area (Å²) in [5, 5.41) is 7.58. The monoisotopic (exact) mass is 434 g/mol. The zero-order chi connectivity index (χ0) is 22.0. The minimum atomic E-state index is -0.517. The van der Waals surface area contributed by atoms with Gasteiger partial charge in [0.25, 0.3) is 5.91 Å². The third kappa shape index (κ3) is 4.18. The Balaban J connectivity index is 1.89. The van der Waals surface area contributed by atoms with Crippen LogP contribution in [0.2, 0.25) is 0 Å². The third-order valence-corrected chi connectivity index (χ3v) is 5.98. The number of hydrogen-bond acceptors (Lipinski definition) is 7. The molecule has 0 spiro atoms. The lowest BCUT2D eigenvalue weighted by Crippen LogP contribution is -2.36. The van der Waals surface area contributed by atoms with Crippen molar-refractivity contribution < 1.29 is 23.9 Å². The van der Waals surface area contributed by atoms with Crippen LogP contribution in [0.3, 0.4) is 0 Å². The lowest BCUT2D eigenvalue weighted by molar-refractivity contribution is 0.0600. The van der Waals surface area contributed by atoms with Crippen LogP contribution in [0.4, 0.5) is 9.80 Å². The van der Waals surface area contributed by atoms with Crippen molar-refractivity contribution in [3.05, 3.63) is 33.5 Å². The molecule has 3 rings (SSSR count). The second kappa shape index (κ2) is 8.86. The number of amides is 2. The molecule has 162 valence electrons. The predicted molar refractivity (Wildman–Crippen MR) is 112 cm³/mol. The van der Waals surface area contributed by atoms with Crippen LogP contribution in [0.5, 0.6) is 0 Å². The average molecular weight is 435 g/mol. The number of aryl methyl sites for hydroxylation is 1. The van der Waals surface area contributed by atoms with Crippen LogP contribution >= 0.6 is 11.3 Å². The fourth-order valence-corrected chi connectivity index (χ4v) is 4.72. The maximum Gasteiger partial charge on any atom is 0.410 e. The molecule has 0 atom stereocenters. The fourth-order valence-electron chi connectivity index (χ4n) is 3.47.